The highest BCUT2D eigenvalue weighted by atomic mass is 16.1. The van der Waals surface area contributed by atoms with Crippen LogP contribution in [0.1, 0.15) is 32.7 Å². The predicted molar refractivity (Wildman–Crippen MR) is 110 cm³/mol. The highest BCUT2D eigenvalue weighted by Crippen LogP contribution is 2.31. The number of hydrogen-bond donors (Lipinski definition) is 2. The second kappa shape index (κ2) is 7.13. The quantitative estimate of drug-likeness (QED) is 0.812. The minimum atomic E-state index is -0.278. The molecule has 3 N–H and O–H groups in total. The molecule has 0 radical (unpaired) electrons. The van der Waals surface area contributed by atoms with Gasteiger partial charge < -0.3 is 11.1 Å². The summed E-state index contributed by atoms with van der Waals surface area (Å²) in [6.07, 6.45) is 1.14. The van der Waals surface area contributed by atoms with Crippen molar-refractivity contribution in [1.29, 1.82) is 0 Å². The number of allylic oxidation sites excluding steroid dienone is 2. The van der Waals surface area contributed by atoms with Gasteiger partial charge in [0.1, 0.15) is 11.4 Å². The zero-order valence-corrected chi connectivity index (χ0v) is 16.2. The monoisotopic (exact) mass is 388 g/mol. The Kier molecular flexibility index (Phi) is 4.45. The van der Waals surface area contributed by atoms with Gasteiger partial charge in [-0.05, 0) is 12.0 Å². The maximum atomic E-state index is 12.8. The maximum Gasteiger partial charge on any atom is 0.211 e. The third-order valence-corrected chi connectivity index (χ3v) is 6.31. The Balaban J connectivity index is 1.23. The SMILES string of the molecule is NC1=C(NCN2CC3CC2CN3Cc2ccccc2)C(=O)c2ccccc2C1=O. The van der Waals surface area contributed by atoms with E-state index in [9.17, 15) is 9.59 Å². The molecule has 2 bridgehead atoms. The van der Waals surface area contributed by atoms with Gasteiger partial charge in [0.25, 0.3) is 0 Å². The molecule has 29 heavy (non-hydrogen) atoms. The van der Waals surface area contributed by atoms with Gasteiger partial charge in [-0.1, -0.05) is 54.6 Å². The highest BCUT2D eigenvalue weighted by molar-refractivity contribution is 6.26. The Hall–Kier alpha value is -2.96. The molecular formula is C23H24N4O2. The van der Waals surface area contributed by atoms with Crippen molar-refractivity contribution >= 4 is 11.6 Å². The van der Waals surface area contributed by atoms with Crippen molar-refractivity contribution in [1.82, 2.24) is 15.1 Å². The van der Waals surface area contributed by atoms with Crippen molar-refractivity contribution in [2.24, 2.45) is 5.73 Å². The van der Waals surface area contributed by atoms with E-state index < -0.39 is 0 Å². The van der Waals surface area contributed by atoms with Gasteiger partial charge >= 0.3 is 0 Å². The molecule has 5 rings (SSSR count). The Morgan fingerprint density at radius 1 is 0.862 bits per heavy atom. The molecule has 0 aromatic heterocycles. The number of carbonyl (C=O) groups excluding carboxylic acids is 2. The lowest BCUT2D eigenvalue weighted by molar-refractivity contribution is 0.0950. The fourth-order valence-corrected chi connectivity index (χ4v) is 4.79. The van der Waals surface area contributed by atoms with Gasteiger partial charge in [-0.2, -0.15) is 0 Å². The van der Waals surface area contributed by atoms with E-state index in [4.69, 9.17) is 5.73 Å². The van der Waals surface area contributed by atoms with Crippen molar-refractivity contribution in [3.63, 3.8) is 0 Å². The summed E-state index contributed by atoms with van der Waals surface area (Å²) in [4.78, 5) is 30.2. The van der Waals surface area contributed by atoms with E-state index in [-0.39, 0.29) is 23.0 Å². The summed E-state index contributed by atoms with van der Waals surface area (Å²) in [5.74, 6) is -0.479. The maximum absolute atomic E-state index is 12.8. The fraction of sp³-hybridized carbons (Fsp3) is 0.304. The van der Waals surface area contributed by atoms with E-state index in [0.717, 1.165) is 26.1 Å². The first-order chi connectivity index (χ1) is 14.1. The first-order valence-electron chi connectivity index (χ1n) is 10.1. The van der Waals surface area contributed by atoms with Gasteiger partial charge in [0, 0.05) is 42.8 Å². The van der Waals surface area contributed by atoms with Gasteiger partial charge in [-0.15, -0.1) is 0 Å². The number of nitrogens with one attached hydrogen (secondary N) is 1. The lowest BCUT2D eigenvalue weighted by Crippen LogP contribution is -2.49. The van der Waals surface area contributed by atoms with E-state index in [1.165, 1.54) is 5.56 Å². The molecule has 1 aliphatic carbocycles. The van der Waals surface area contributed by atoms with Crippen LogP contribution in [-0.4, -0.2) is 53.2 Å². The number of hydrogen-bond acceptors (Lipinski definition) is 6. The Morgan fingerprint density at radius 3 is 2.17 bits per heavy atom. The van der Waals surface area contributed by atoms with Crippen molar-refractivity contribution in [3.8, 4) is 0 Å². The number of nitrogens with two attached hydrogens (primary N) is 1. The van der Waals surface area contributed by atoms with Crippen LogP contribution in [0.2, 0.25) is 0 Å². The van der Waals surface area contributed by atoms with Crippen molar-refractivity contribution in [2.45, 2.75) is 25.0 Å². The molecule has 148 valence electrons. The highest BCUT2D eigenvalue weighted by Gasteiger charge is 2.43. The largest absolute Gasteiger partial charge is 0.394 e. The van der Waals surface area contributed by atoms with Gasteiger partial charge in [-0.25, -0.2) is 0 Å². The summed E-state index contributed by atoms with van der Waals surface area (Å²) in [6.45, 7) is 3.48. The normalized spacial score (nSPS) is 24.3. The average molecular weight is 388 g/mol. The van der Waals surface area contributed by atoms with E-state index >= 15 is 0 Å². The average Bonchev–Trinajstić information content (AvgIpc) is 3.33. The number of Topliss-reactive ketones (excluding diaryl/α,β-unsaturated/α-hetero) is 2. The van der Waals surface area contributed by atoms with Gasteiger partial charge in [0.2, 0.25) is 11.6 Å². The summed E-state index contributed by atoms with van der Waals surface area (Å²) in [5.41, 5.74) is 8.42. The second-order valence-electron chi connectivity index (χ2n) is 8.06. The van der Waals surface area contributed by atoms with Crippen molar-refractivity contribution in [3.05, 3.63) is 82.7 Å². The van der Waals surface area contributed by atoms with Crippen LogP contribution in [-0.2, 0) is 6.54 Å². The molecule has 0 amide bonds. The molecule has 0 saturated carbocycles. The van der Waals surface area contributed by atoms with E-state index in [0.29, 0.717) is 29.9 Å². The topological polar surface area (TPSA) is 78.7 Å². The summed E-state index contributed by atoms with van der Waals surface area (Å²) >= 11 is 0. The summed E-state index contributed by atoms with van der Waals surface area (Å²) in [7, 11) is 0. The third kappa shape index (κ3) is 3.14. The standard InChI is InChI=1S/C23H24N4O2/c24-20-21(23(29)19-9-5-4-8-18(19)22(20)28)25-14-27-13-16-10-17(27)12-26(16)11-15-6-2-1-3-7-15/h1-9,16-17,25H,10-14,24H2. The van der Waals surface area contributed by atoms with Crippen LogP contribution in [0.5, 0.6) is 0 Å². The molecule has 2 saturated heterocycles. The van der Waals surface area contributed by atoms with E-state index in [1.807, 2.05) is 6.07 Å². The van der Waals surface area contributed by atoms with E-state index in [1.54, 1.807) is 24.3 Å². The van der Waals surface area contributed by atoms with Crippen LogP contribution < -0.4 is 11.1 Å². The number of nitrogens with zero attached hydrogens (tertiary/aromatic N) is 2. The van der Waals surface area contributed by atoms with Crippen LogP contribution in [0.15, 0.2) is 66.0 Å². The zero-order valence-electron chi connectivity index (χ0n) is 16.2. The molecule has 6 heteroatoms. The number of piperazine rings is 1. The molecular weight excluding hydrogens is 364 g/mol. The fourth-order valence-electron chi connectivity index (χ4n) is 4.79. The first kappa shape index (κ1) is 18.1. The van der Waals surface area contributed by atoms with Gasteiger partial charge in [0.05, 0.1) is 6.67 Å². The second-order valence-corrected chi connectivity index (χ2v) is 8.06. The summed E-state index contributed by atoms with van der Waals surface area (Å²) < 4.78 is 0. The molecule has 3 aliphatic rings. The molecule has 2 fully saturated rings. The number of likely N-dealkylation sites (tertiary alicyclic amines) is 2. The van der Waals surface area contributed by atoms with Crippen LogP contribution in [0.4, 0.5) is 0 Å². The Labute approximate surface area is 170 Å². The van der Waals surface area contributed by atoms with Crippen LogP contribution >= 0.6 is 0 Å². The van der Waals surface area contributed by atoms with Crippen LogP contribution in [0, 0.1) is 0 Å². The minimum absolute atomic E-state index is 0.0174. The molecule has 2 aliphatic heterocycles. The minimum Gasteiger partial charge on any atom is -0.394 e. The van der Waals surface area contributed by atoms with Crippen LogP contribution in [0.25, 0.3) is 0 Å². The molecule has 6 nitrogen and oxygen atoms in total. The molecule has 2 aromatic rings. The van der Waals surface area contributed by atoms with Crippen molar-refractivity contribution < 1.29 is 9.59 Å². The smallest absolute Gasteiger partial charge is 0.211 e. The molecule has 2 atom stereocenters. The van der Waals surface area contributed by atoms with Gasteiger partial charge in [-0.3, -0.25) is 19.4 Å². The lowest BCUT2D eigenvalue weighted by atomic mass is 9.90. The molecule has 2 aromatic carbocycles. The number of rotatable bonds is 5. The first-order valence-corrected chi connectivity index (χ1v) is 10.1. The van der Waals surface area contributed by atoms with Gasteiger partial charge in [0.15, 0.2) is 0 Å². The predicted octanol–water partition coefficient (Wildman–Crippen LogP) is 1.74. The Bertz CT molecular complexity index is 1000. The van der Waals surface area contributed by atoms with Crippen molar-refractivity contribution in [2.75, 3.05) is 19.8 Å². The summed E-state index contributed by atoms with van der Waals surface area (Å²) in [6, 6.07) is 18.4. The van der Waals surface area contributed by atoms with E-state index in [2.05, 4.69) is 39.4 Å². The molecule has 2 unspecified atom stereocenters. The number of benzene rings is 2. The molecule has 0 spiro atoms. The number of carbonyl (C=O) groups is 2. The zero-order chi connectivity index (χ0) is 20.0. The number of ketones is 2. The lowest BCUT2D eigenvalue weighted by Gasteiger charge is -2.34. The summed E-state index contributed by atoms with van der Waals surface area (Å²) in [5, 5.41) is 3.18. The van der Waals surface area contributed by atoms with Crippen LogP contribution in [0.3, 0.4) is 0 Å². The number of fused-ring (bicyclic) bond motifs is 3. The molecule has 2 heterocycles. The third-order valence-electron chi connectivity index (χ3n) is 6.31. The Morgan fingerprint density at radius 2 is 1.48 bits per heavy atom.